The lowest BCUT2D eigenvalue weighted by atomic mass is 9.56. The fourth-order valence-electron chi connectivity index (χ4n) is 10.4. The van der Waals surface area contributed by atoms with E-state index in [1.807, 2.05) is 34.6 Å². The first kappa shape index (κ1) is 59.8. The second kappa shape index (κ2) is 21.6. The van der Waals surface area contributed by atoms with Crippen LogP contribution in [0.15, 0.2) is 0 Å². The van der Waals surface area contributed by atoms with Crippen molar-refractivity contribution in [3.8, 4) is 0 Å². The number of aliphatic hydroxyl groups is 1. The monoisotopic (exact) mass is 763 g/mol. The summed E-state index contributed by atoms with van der Waals surface area (Å²) in [5.41, 5.74) is -1.21. The van der Waals surface area contributed by atoms with Crippen LogP contribution in [0.1, 0.15) is 147 Å². The molecule has 1 heterocycles. The Balaban J connectivity index is -0.000000853. The average Bonchev–Trinajstić information content (AvgIpc) is 3.74. The summed E-state index contributed by atoms with van der Waals surface area (Å²) in [5.74, 6) is -7.43. The van der Waals surface area contributed by atoms with Crippen molar-refractivity contribution >= 4 is 29.8 Å². The van der Waals surface area contributed by atoms with Crippen molar-refractivity contribution in [3.05, 3.63) is 0 Å². The summed E-state index contributed by atoms with van der Waals surface area (Å²) in [4.78, 5) is 65.5. The first-order valence-corrected chi connectivity index (χ1v) is 16.6. The largest absolute Gasteiger partial charge is 0.481 e. The fraction of sp³-hybridized carbons (Fsp3) is 0.884. The lowest BCUT2D eigenvalue weighted by molar-refractivity contribution is -0.170. The first-order chi connectivity index (χ1) is 20.6. The topological polar surface area (TPSA) is 154 Å². The van der Waals surface area contributed by atoms with Crippen LogP contribution in [0.5, 0.6) is 0 Å². The second-order valence-electron chi connectivity index (χ2n) is 15.6. The van der Waals surface area contributed by atoms with Gasteiger partial charge in [-0.2, -0.15) is 0 Å². The molecule has 0 radical (unpaired) electrons. The van der Waals surface area contributed by atoms with E-state index in [1.165, 1.54) is 0 Å². The number of carbonyl (C=O) groups is 5. The van der Waals surface area contributed by atoms with Crippen molar-refractivity contribution in [3.63, 3.8) is 0 Å². The third-order valence-electron chi connectivity index (χ3n) is 12.6. The Morgan fingerprint density at radius 2 is 1.28 bits per heavy atom. The van der Waals surface area contributed by atoms with Gasteiger partial charge in [-0.25, -0.2) is 0 Å². The van der Waals surface area contributed by atoms with Crippen LogP contribution in [-0.2, 0) is 38.2 Å². The molecule has 53 heavy (non-hydrogen) atoms. The summed E-state index contributed by atoms with van der Waals surface area (Å²) >= 11 is 0. The molecule has 5 fully saturated rings. The van der Waals surface area contributed by atoms with Crippen LogP contribution in [0, 0.1) is 82.3 Å². The number of hydrogen-bond acceptors (Lipinski definition) is 9. The quantitative estimate of drug-likeness (QED) is 0.125. The van der Waals surface area contributed by atoms with Crippen molar-refractivity contribution in [1.82, 2.24) is 0 Å². The fourth-order valence-corrected chi connectivity index (χ4v) is 10.4. The standard InChI is InChI=1S/C34H50O10.9CH4/c1-8-34(9-2,13-35)14-42-31(40)27-18-12-21(26(27)28(36)37)22(15(18)3)24-17-10-19(20(11-17)30(39)44-33(5,6)7)25(24)23-16(4)29(38)43-32(23)41;;;;;;;;;/h15-27,35H,8-14H2,1-7H3,(H,36,37);9*1H4. The Hall–Kier alpha value is -2.49. The molecule has 1 saturated heterocycles. The van der Waals surface area contributed by atoms with Gasteiger partial charge in [0.2, 0.25) is 0 Å². The highest BCUT2D eigenvalue weighted by molar-refractivity contribution is 5.96. The molecule has 13 unspecified atom stereocenters. The molecule has 1 aliphatic heterocycles. The maximum absolute atomic E-state index is 13.6. The molecular weight excluding hydrogens is 676 g/mol. The van der Waals surface area contributed by atoms with E-state index >= 15 is 0 Å². The van der Waals surface area contributed by atoms with Gasteiger partial charge in [0.25, 0.3) is 0 Å². The van der Waals surface area contributed by atoms with Gasteiger partial charge in [-0.1, -0.05) is 94.5 Å². The Bertz CT molecular complexity index is 1180. The number of rotatable bonds is 10. The van der Waals surface area contributed by atoms with Gasteiger partial charge in [0, 0.05) is 5.41 Å². The maximum atomic E-state index is 13.6. The highest BCUT2D eigenvalue weighted by atomic mass is 16.6. The number of fused-ring (bicyclic) bond motifs is 4. The van der Waals surface area contributed by atoms with E-state index in [-0.39, 0.29) is 133 Å². The van der Waals surface area contributed by atoms with E-state index in [9.17, 15) is 34.2 Å². The van der Waals surface area contributed by atoms with Gasteiger partial charge in [0.05, 0.1) is 42.8 Å². The average molecular weight is 763 g/mol. The van der Waals surface area contributed by atoms with Crippen LogP contribution < -0.4 is 0 Å². The van der Waals surface area contributed by atoms with E-state index in [4.69, 9.17) is 14.2 Å². The van der Waals surface area contributed by atoms with E-state index < -0.39 is 64.5 Å². The van der Waals surface area contributed by atoms with Crippen molar-refractivity contribution in [2.75, 3.05) is 13.2 Å². The van der Waals surface area contributed by atoms with Gasteiger partial charge in [0.1, 0.15) is 5.60 Å². The molecule has 5 rings (SSSR count). The predicted molar refractivity (Wildman–Crippen MR) is 217 cm³/mol. The minimum atomic E-state index is -1.02. The second-order valence-corrected chi connectivity index (χ2v) is 15.6. The summed E-state index contributed by atoms with van der Waals surface area (Å²) in [6.45, 7) is 13.1. The minimum absolute atomic E-state index is 0. The van der Waals surface area contributed by atoms with Crippen molar-refractivity contribution in [2.45, 2.75) is 153 Å². The molecule has 10 nitrogen and oxygen atoms in total. The maximum Gasteiger partial charge on any atom is 0.317 e. The number of aliphatic hydroxyl groups excluding tert-OH is 1. The summed E-state index contributed by atoms with van der Waals surface area (Å²) in [6.07, 6.45) is 3.16. The molecule has 318 valence electrons. The third-order valence-corrected chi connectivity index (χ3v) is 12.6. The molecule has 0 aromatic heterocycles. The van der Waals surface area contributed by atoms with E-state index in [1.54, 1.807) is 6.92 Å². The molecule has 4 bridgehead atoms. The van der Waals surface area contributed by atoms with Gasteiger partial charge in [0.15, 0.2) is 0 Å². The number of carbonyl (C=O) groups excluding carboxylic acids is 4. The van der Waals surface area contributed by atoms with Gasteiger partial charge in [-0.15, -0.1) is 0 Å². The predicted octanol–water partition coefficient (Wildman–Crippen LogP) is 9.84. The van der Waals surface area contributed by atoms with Crippen LogP contribution in [0.2, 0.25) is 0 Å². The molecule has 5 aliphatic rings. The molecule has 2 N–H and O–H groups in total. The zero-order chi connectivity index (χ0) is 32.5. The van der Waals surface area contributed by atoms with Gasteiger partial charge < -0.3 is 24.4 Å². The van der Waals surface area contributed by atoms with Crippen LogP contribution in [0.25, 0.3) is 0 Å². The Morgan fingerprint density at radius 3 is 1.72 bits per heavy atom. The molecule has 4 aliphatic carbocycles. The van der Waals surface area contributed by atoms with Crippen LogP contribution >= 0.6 is 0 Å². The van der Waals surface area contributed by atoms with Crippen molar-refractivity contribution in [2.24, 2.45) is 82.3 Å². The van der Waals surface area contributed by atoms with Crippen molar-refractivity contribution in [1.29, 1.82) is 0 Å². The van der Waals surface area contributed by atoms with Crippen LogP contribution in [0.3, 0.4) is 0 Å². The summed E-state index contributed by atoms with van der Waals surface area (Å²) in [5, 5.41) is 20.4. The lowest BCUT2D eigenvalue weighted by Gasteiger charge is -2.47. The molecule has 0 aromatic rings. The first-order valence-electron chi connectivity index (χ1n) is 16.6. The summed E-state index contributed by atoms with van der Waals surface area (Å²) in [7, 11) is 0. The Kier molecular flexibility index (Phi) is 24.3. The van der Waals surface area contributed by atoms with Gasteiger partial charge >= 0.3 is 29.8 Å². The minimum Gasteiger partial charge on any atom is -0.481 e. The number of carboxylic acids is 1. The number of carboxylic acid groups (broad SMARTS) is 1. The third kappa shape index (κ3) is 10.0. The molecular formula is C43H86O10. The van der Waals surface area contributed by atoms with E-state index in [2.05, 4.69) is 6.92 Å². The zero-order valence-electron chi connectivity index (χ0n) is 27.1. The van der Waals surface area contributed by atoms with E-state index in [0.717, 1.165) is 0 Å². The van der Waals surface area contributed by atoms with Crippen LogP contribution in [-0.4, -0.2) is 58.9 Å². The Labute approximate surface area is 326 Å². The number of cyclic esters (lactones) is 2. The summed E-state index contributed by atoms with van der Waals surface area (Å²) in [6, 6.07) is 0. The number of hydrogen-bond donors (Lipinski definition) is 2. The molecule has 0 amide bonds. The summed E-state index contributed by atoms with van der Waals surface area (Å²) < 4.78 is 16.7. The molecule has 10 heteroatoms. The highest BCUT2D eigenvalue weighted by Gasteiger charge is 2.69. The van der Waals surface area contributed by atoms with Crippen LogP contribution in [0.4, 0.5) is 0 Å². The number of aliphatic carboxylic acids is 1. The van der Waals surface area contributed by atoms with E-state index in [0.29, 0.717) is 32.1 Å². The SMILES string of the molecule is C.C.C.C.C.C.C.C.C.CCC(CC)(CO)COC(=O)C1C2CC(C1C(=O)O)C(C1C3CC(C(=O)OC(C)(C)C)C(C3)C1C1C(=O)OC(=O)C1C)C2C. The normalized spacial score (nSPS) is 34.2. The van der Waals surface area contributed by atoms with Gasteiger partial charge in [-0.3, -0.25) is 24.0 Å². The highest BCUT2D eigenvalue weighted by Crippen LogP contribution is 2.69. The molecule has 0 aromatic carbocycles. The van der Waals surface area contributed by atoms with Gasteiger partial charge in [-0.05, 0) is 100 Å². The van der Waals surface area contributed by atoms with Crippen molar-refractivity contribution < 1.29 is 48.4 Å². The lowest BCUT2D eigenvalue weighted by Crippen LogP contribution is -2.50. The molecule has 13 atom stereocenters. The molecule has 0 spiro atoms. The smallest absolute Gasteiger partial charge is 0.317 e. The number of esters is 4. The molecule has 4 saturated carbocycles. The zero-order valence-corrected chi connectivity index (χ0v) is 27.1. The Morgan fingerprint density at radius 1 is 0.736 bits per heavy atom. The number of ether oxygens (including phenoxy) is 3.